The molecule has 1 aromatic carbocycles. The number of aliphatic hydroxyl groups is 1. The van der Waals surface area contributed by atoms with Gasteiger partial charge in [0.15, 0.2) is 10.7 Å². The van der Waals surface area contributed by atoms with Gasteiger partial charge in [-0.2, -0.15) is 0 Å². The maximum absolute atomic E-state index is 14.1. The van der Waals surface area contributed by atoms with Gasteiger partial charge in [0.2, 0.25) is 0 Å². The number of sulfonamides is 1. The summed E-state index contributed by atoms with van der Waals surface area (Å²) in [4.78, 5) is 17.8. The lowest BCUT2D eigenvalue weighted by Crippen LogP contribution is -2.47. The first kappa shape index (κ1) is 31.9. The van der Waals surface area contributed by atoms with Gasteiger partial charge >= 0.3 is 0 Å². The SMILES string of the molecule is Cc1noc(C)c1S(=O)(=O)Nc1ccc2c(c1)C(=O)N([C@H](C)CO)C[C@H](C)[C@H](CN(C)C)OCCCC[C@@H](C)O2. The molecule has 1 aliphatic heterocycles. The highest BCUT2D eigenvalue weighted by atomic mass is 32.2. The van der Waals surface area contributed by atoms with Gasteiger partial charge in [0, 0.05) is 31.3 Å². The number of benzene rings is 1. The topological polar surface area (TPSA) is 134 Å². The molecular formula is C28H44N4O7S. The van der Waals surface area contributed by atoms with Gasteiger partial charge in [-0.25, -0.2) is 8.42 Å². The summed E-state index contributed by atoms with van der Waals surface area (Å²) in [5.74, 6) is 0.129. The first-order valence-electron chi connectivity index (χ1n) is 13.8. The zero-order chi connectivity index (χ0) is 29.6. The molecule has 2 N–H and O–H groups in total. The number of ether oxygens (including phenoxy) is 2. The van der Waals surface area contributed by atoms with Crippen molar-refractivity contribution in [3.8, 4) is 5.75 Å². The van der Waals surface area contributed by atoms with Crippen LogP contribution in [0.2, 0.25) is 0 Å². The fourth-order valence-corrected chi connectivity index (χ4v) is 6.25. The summed E-state index contributed by atoms with van der Waals surface area (Å²) in [6.07, 6.45) is 2.26. The number of nitrogens with zero attached hydrogens (tertiary/aromatic N) is 3. The van der Waals surface area contributed by atoms with E-state index in [0.29, 0.717) is 25.4 Å². The predicted octanol–water partition coefficient (Wildman–Crippen LogP) is 3.45. The average molecular weight is 581 g/mol. The van der Waals surface area contributed by atoms with Gasteiger partial charge in [0.25, 0.3) is 15.9 Å². The molecule has 0 unspecified atom stereocenters. The molecule has 0 saturated heterocycles. The van der Waals surface area contributed by atoms with Crippen molar-refractivity contribution in [2.75, 3.05) is 45.1 Å². The minimum Gasteiger partial charge on any atom is -0.490 e. The first-order chi connectivity index (χ1) is 18.8. The van der Waals surface area contributed by atoms with Gasteiger partial charge in [-0.3, -0.25) is 9.52 Å². The number of aliphatic hydroxyl groups excluding tert-OH is 1. The maximum Gasteiger partial charge on any atom is 0.267 e. The van der Waals surface area contributed by atoms with E-state index < -0.39 is 16.1 Å². The Balaban J connectivity index is 2.04. The number of fused-ring (bicyclic) bond motifs is 1. The molecule has 1 aromatic heterocycles. The highest BCUT2D eigenvalue weighted by molar-refractivity contribution is 7.92. The summed E-state index contributed by atoms with van der Waals surface area (Å²) in [6, 6.07) is 4.18. The molecule has 2 heterocycles. The van der Waals surface area contributed by atoms with Gasteiger partial charge < -0.3 is 28.9 Å². The van der Waals surface area contributed by atoms with Crippen LogP contribution in [-0.4, -0.2) is 93.0 Å². The third kappa shape index (κ3) is 7.96. The Morgan fingerprint density at radius 1 is 1.23 bits per heavy atom. The summed E-state index contributed by atoms with van der Waals surface area (Å²) in [5, 5.41) is 13.8. The maximum atomic E-state index is 14.1. The Kier molecular flexibility index (Phi) is 11.0. The Hall–Kier alpha value is -2.67. The first-order valence-corrected chi connectivity index (χ1v) is 15.3. The fraction of sp³-hybridized carbons (Fsp3) is 0.643. The smallest absolute Gasteiger partial charge is 0.267 e. The molecule has 0 fully saturated rings. The highest BCUT2D eigenvalue weighted by Crippen LogP contribution is 2.30. The van der Waals surface area contributed by atoms with Gasteiger partial charge in [-0.05, 0) is 79.3 Å². The molecule has 0 aliphatic carbocycles. The van der Waals surface area contributed by atoms with Crippen LogP contribution >= 0.6 is 0 Å². The lowest BCUT2D eigenvalue weighted by Gasteiger charge is -2.35. The van der Waals surface area contributed by atoms with E-state index >= 15 is 0 Å². The number of hydrogen-bond acceptors (Lipinski definition) is 9. The van der Waals surface area contributed by atoms with E-state index in [1.807, 2.05) is 27.9 Å². The second-order valence-corrected chi connectivity index (χ2v) is 12.7. The molecule has 12 heteroatoms. The van der Waals surface area contributed by atoms with Crippen LogP contribution in [0.3, 0.4) is 0 Å². The molecule has 40 heavy (non-hydrogen) atoms. The van der Waals surface area contributed by atoms with Crippen molar-refractivity contribution < 1.29 is 32.3 Å². The molecule has 3 rings (SSSR count). The number of carbonyl (C=O) groups excluding carboxylic acids is 1. The molecule has 0 saturated carbocycles. The predicted molar refractivity (Wildman–Crippen MR) is 152 cm³/mol. The number of hydrogen-bond donors (Lipinski definition) is 2. The molecular weight excluding hydrogens is 536 g/mol. The Morgan fingerprint density at radius 3 is 2.58 bits per heavy atom. The summed E-state index contributed by atoms with van der Waals surface area (Å²) in [6.45, 7) is 10.3. The van der Waals surface area contributed by atoms with E-state index in [4.69, 9.17) is 14.0 Å². The molecule has 0 radical (unpaired) electrons. The second kappa shape index (κ2) is 13.8. The third-order valence-corrected chi connectivity index (χ3v) is 8.71. The van der Waals surface area contributed by atoms with Crippen molar-refractivity contribution in [1.29, 1.82) is 0 Å². The monoisotopic (exact) mass is 580 g/mol. The third-order valence-electron chi connectivity index (χ3n) is 7.09. The largest absolute Gasteiger partial charge is 0.490 e. The Labute approximate surface area is 237 Å². The minimum atomic E-state index is -4.03. The van der Waals surface area contributed by atoms with E-state index in [2.05, 4.69) is 14.8 Å². The van der Waals surface area contributed by atoms with Crippen LogP contribution < -0.4 is 9.46 Å². The van der Waals surface area contributed by atoms with Crippen LogP contribution in [-0.2, 0) is 14.8 Å². The quantitative estimate of drug-likeness (QED) is 0.505. The lowest BCUT2D eigenvalue weighted by molar-refractivity contribution is -0.0137. The lowest BCUT2D eigenvalue weighted by atomic mass is 10.0. The van der Waals surface area contributed by atoms with Crippen LogP contribution in [0.25, 0.3) is 0 Å². The standard InChI is InChI=1S/C28H44N4O7S/c1-18-15-32(19(2)17-33)28(34)24-14-23(30-40(35,36)27-21(4)29-39-22(27)5)11-12-25(24)38-20(3)10-8-9-13-37-26(18)16-31(6)7/h11-12,14,18-20,26,30,33H,8-10,13,15-17H2,1-7H3/t18-,19+,20+,26-/m0/s1. The number of anilines is 1. The van der Waals surface area contributed by atoms with Crippen molar-refractivity contribution in [1.82, 2.24) is 15.0 Å². The van der Waals surface area contributed by atoms with Crippen LogP contribution in [0.5, 0.6) is 5.75 Å². The molecule has 11 nitrogen and oxygen atoms in total. The van der Waals surface area contributed by atoms with E-state index in [-0.39, 0.29) is 58.2 Å². The molecule has 0 bridgehead atoms. The molecule has 1 aliphatic rings. The molecule has 224 valence electrons. The van der Waals surface area contributed by atoms with E-state index in [1.54, 1.807) is 30.9 Å². The summed E-state index contributed by atoms with van der Waals surface area (Å²) < 4.78 is 46.4. The Bertz CT molecular complexity index is 1230. The second-order valence-electron chi connectivity index (χ2n) is 11.0. The van der Waals surface area contributed by atoms with Crippen molar-refractivity contribution >= 4 is 21.6 Å². The number of aromatic nitrogens is 1. The zero-order valence-electron chi connectivity index (χ0n) is 24.6. The van der Waals surface area contributed by atoms with Crippen LogP contribution in [0, 0.1) is 19.8 Å². The van der Waals surface area contributed by atoms with Crippen molar-refractivity contribution in [2.24, 2.45) is 5.92 Å². The Morgan fingerprint density at radius 2 is 1.95 bits per heavy atom. The summed E-state index contributed by atoms with van der Waals surface area (Å²) >= 11 is 0. The molecule has 0 spiro atoms. The van der Waals surface area contributed by atoms with Gasteiger partial charge in [-0.1, -0.05) is 12.1 Å². The normalized spacial score (nSPS) is 22.4. The molecule has 1 amide bonds. The number of nitrogens with one attached hydrogen (secondary N) is 1. The number of amides is 1. The highest BCUT2D eigenvalue weighted by Gasteiger charge is 2.31. The van der Waals surface area contributed by atoms with E-state index in [0.717, 1.165) is 19.3 Å². The molecule has 4 atom stereocenters. The van der Waals surface area contributed by atoms with Crippen LogP contribution in [0.4, 0.5) is 5.69 Å². The van der Waals surface area contributed by atoms with Crippen LogP contribution in [0.1, 0.15) is 61.8 Å². The summed E-state index contributed by atoms with van der Waals surface area (Å²) in [7, 11) is -0.0559. The number of likely N-dealkylation sites (N-methyl/N-ethyl adjacent to an activating group) is 1. The zero-order valence-corrected chi connectivity index (χ0v) is 25.5. The van der Waals surface area contributed by atoms with Crippen molar-refractivity contribution in [3.05, 3.63) is 35.2 Å². The van der Waals surface area contributed by atoms with Crippen LogP contribution in [0.15, 0.2) is 27.6 Å². The number of rotatable bonds is 7. The van der Waals surface area contributed by atoms with Gasteiger partial charge in [0.1, 0.15) is 11.4 Å². The van der Waals surface area contributed by atoms with E-state index in [9.17, 15) is 18.3 Å². The van der Waals surface area contributed by atoms with E-state index in [1.165, 1.54) is 13.0 Å². The van der Waals surface area contributed by atoms with Crippen molar-refractivity contribution in [3.63, 3.8) is 0 Å². The minimum absolute atomic E-state index is 0.0344. The van der Waals surface area contributed by atoms with Gasteiger partial charge in [-0.15, -0.1) is 0 Å². The number of aryl methyl sites for hydroxylation is 2. The average Bonchev–Trinajstić information content (AvgIpc) is 3.23. The van der Waals surface area contributed by atoms with Crippen molar-refractivity contribution in [2.45, 2.75) is 77.0 Å². The number of carbonyl (C=O) groups is 1. The van der Waals surface area contributed by atoms with Gasteiger partial charge in [0.05, 0.1) is 30.4 Å². The molecule has 2 aromatic rings. The summed E-state index contributed by atoms with van der Waals surface area (Å²) in [5.41, 5.74) is 0.645. The fourth-order valence-electron chi connectivity index (χ4n) is 4.87.